The van der Waals surface area contributed by atoms with Gasteiger partial charge in [-0.2, -0.15) is 0 Å². The highest BCUT2D eigenvalue weighted by Gasteiger charge is 2.57. The summed E-state index contributed by atoms with van der Waals surface area (Å²) in [7, 11) is 0. The van der Waals surface area contributed by atoms with Crippen molar-refractivity contribution in [3.05, 3.63) is 260 Å². The molecule has 0 aromatic heterocycles. The lowest BCUT2D eigenvalue weighted by Gasteiger charge is -2.46. The summed E-state index contributed by atoms with van der Waals surface area (Å²) < 4.78 is 0. The number of anilines is 6. The Morgan fingerprint density at radius 3 is 1.17 bits per heavy atom. The number of hydrogen-bond donors (Lipinski definition) is 0. The van der Waals surface area contributed by atoms with Crippen molar-refractivity contribution in [3.8, 4) is 22.3 Å². The Balaban J connectivity index is 1.19. The number of aryl methyl sites for hydroxylation is 4. The van der Waals surface area contributed by atoms with Crippen molar-refractivity contribution in [1.82, 2.24) is 0 Å². The van der Waals surface area contributed by atoms with Crippen LogP contribution in [0, 0.1) is 27.7 Å². The maximum atomic E-state index is 2.67. The fraction of sp³-hybridized carbons (Fsp3) is 0.206. The number of benzene rings is 9. The third-order valence-corrected chi connectivity index (χ3v) is 16.4. The molecule has 70 heavy (non-hydrogen) atoms. The minimum Gasteiger partial charge on any atom is -0.310 e. The van der Waals surface area contributed by atoms with E-state index in [0.29, 0.717) is 0 Å². The van der Waals surface area contributed by atoms with E-state index in [9.17, 15) is 0 Å². The van der Waals surface area contributed by atoms with Gasteiger partial charge in [-0.15, -0.1) is 0 Å². The lowest BCUT2D eigenvalue weighted by atomic mass is 9.62. The summed E-state index contributed by atoms with van der Waals surface area (Å²) in [6.07, 6.45) is 0. The predicted octanol–water partition coefficient (Wildman–Crippen LogP) is 17.8. The van der Waals surface area contributed by atoms with Gasteiger partial charge >= 0.3 is 0 Å². The van der Waals surface area contributed by atoms with Crippen LogP contribution >= 0.6 is 0 Å². The van der Waals surface area contributed by atoms with Gasteiger partial charge in [0.05, 0.1) is 33.6 Å². The SMILES string of the molecule is Cc1ccc(N2c3ccccc3C3(c4cc(C(C)(C)C)ccc4-c4cc5c(cc43)-c3ccc(C(C)(C)C)cc3C53c4ccccc4N(c4ccc(C)cc4)c4ccc(C)cc43)c3ccc(C)cc32)cc1. The molecule has 4 aliphatic rings. The molecule has 2 aliphatic heterocycles. The minimum atomic E-state index is -0.608. The number of para-hydroxylation sites is 2. The van der Waals surface area contributed by atoms with Gasteiger partial charge in [-0.05, 0) is 183 Å². The first kappa shape index (κ1) is 42.7. The molecule has 0 amide bonds. The van der Waals surface area contributed by atoms with Crippen LogP contribution in [0.25, 0.3) is 22.3 Å². The summed E-state index contributed by atoms with van der Waals surface area (Å²) in [5.41, 5.74) is 29.6. The molecule has 0 bridgehead atoms. The van der Waals surface area contributed by atoms with Crippen LogP contribution in [0.5, 0.6) is 0 Å². The van der Waals surface area contributed by atoms with Crippen LogP contribution in [-0.2, 0) is 21.7 Å². The summed E-state index contributed by atoms with van der Waals surface area (Å²) in [5, 5.41) is 0. The summed E-state index contributed by atoms with van der Waals surface area (Å²) >= 11 is 0. The predicted molar refractivity (Wildman–Crippen MR) is 294 cm³/mol. The maximum absolute atomic E-state index is 2.67. The molecule has 13 rings (SSSR count). The van der Waals surface area contributed by atoms with E-state index in [1.165, 1.54) is 134 Å². The van der Waals surface area contributed by atoms with Gasteiger partial charge in [0.1, 0.15) is 0 Å². The van der Waals surface area contributed by atoms with Gasteiger partial charge in [0.15, 0.2) is 0 Å². The quantitative estimate of drug-likeness (QED) is 0.171. The highest BCUT2D eigenvalue weighted by atomic mass is 15.2. The number of rotatable bonds is 2. The monoisotopic (exact) mass is 904 g/mol. The minimum absolute atomic E-state index is 0.0601. The molecule has 0 saturated heterocycles. The summed E-state index contributed by atoms with van der Waals surface area (Å²) in [4.78, 5) is 5.04. The second kappa shape index (κ2) is 14.6. The first-order valence-corrected chi connectivity index (χ1v) is 25.2. The topological polar surface area (TPSA) is 6.48 Å². The second-order valence-electron chi connectivity index (χ2n) is 22.9. The second-order valence-corrected chi connectivity index (χ2v) is 22.9. The van der Waals surface area contributed by atoms with Gasteiger partial charge < -0.3 is 9.80 Å². The van der Waals surface area contributed by atoms with Crippen LogP contribution in [0.3, 0.4) is 0 Å². The molecule has 9 aromatic rings. The lowest BCUT2D eigenvalue weighted by Crippen LogP contribution is -2.37. The number of hydrogen-bond acceptors (Lipinski definition) is 2. The van der Waals surface area contributed by atoms with Gasteiger partial charge in [0.25, 0.3) is 0 Å². The van der Waals surface area contributed by atoms with E-state index >= 15 is 0 Å². The normalized spacial score (nSPS) is 17.9. The zero-order chi connectivity index (χ0) is 48.2. The largest absolute Gasteiger partial charge is 0.310 e. The Morgan fingerprint density at radius 2 is 0.671 bits per heavy atom. The fourth-order valence-corrected chi connectivity index (χ4v) is 13.0. The standard InChI is InChI=1S/C68H60N2/c1-41-19-27-47(28-20-41)69-61-17-13-12-16-54(61)68(60-35-43(3)24-34-63(60)69)57-38-46(66(8,9)10)26-32-50(57)52-39-58-51(40-59(52)68)49-31-25-45(65(5,6)7)37-56(49)67(58)53-15-11-14-18-62(53)70(48-29-21-42(2)22-30-48)64-36-44(4)23-33-55(64)67/h11-40H,1-10H3. The Hall–Kier alpha value is -7.42. The van der Waals surface area contributed by atoms with Crippen LogP contribution in [0.1, 0.15) is 119 Å². The molecule has 0 N–H and O–H groups in total. The third-order valence-electron chi connectivity index (χ3n) is 16.4. The molecular weight excluding hydrogens is 845 g/mol. The molecule has 2 nitrogen and oxygen atoms in total. The van der Waals surface area contributed by atoms with Crippen LogP contribution in [-0.4, -0.2) is 0 Å². The molecular formula is C68H60N2. The Bertz CT molecular complexity index is 3670. The molecule has 2 atom stereocenters. The van der Waals surface area contributed by atoms with E-state index in [1.807, 2.05) is 0 Å². The molecule has 2 aliphatic carbocycles. The van der Waals surface area contributed by atoms with Gasteiger partial charge in [0, 0.05) is 11.4 Å². The van der Waals surface area contributed by atoms with Gasteiger partial charge in [-0.1, -0.05) is 180 Å². The Kier molecular flexibility index (Phi) is 8.88. The highest BCUT2D eigenvalue weighted by Crippen LogP contribution is 2.69. The summed E-state index contributed by atoms with van der Waals surface area (Å²) in [6, 6.07) is 71.4. The van der Waals surface area contributed by atoms with Crippen molar-refractivity contribution in [2.24, 2.45) is 0 Å². The van der Waals surface area contributed by atoms with Crippen LogP contribution in [0.4, 0.5) is 34.1 Å². The van der Waals surface area contributed by atoms with Crippen LogP contribution < -0.4 is 9.80 Å². The van der Waals surface area contributed by atoms with Crippen LogP contribution in [0.2, 0.25) is 0 Å². The molecule has 2 heterocycles. The van der Waals surface area contributed by atoms with E-state index in [-0.39, 0.29) is 10.8 Å². The van der Waals surface area contributed by atoms with Crippen molar-refractivity contribution in [1.29, 1.82) is 0 Å². The molecule has 342 valence electrons. The fourth-order valence-electron chi connectivity index (χ4n) is 13.0. The summed E-state index contributed by atoms with van der Waals surface area (Å²) in [6.45, 7) is 23.0. The Labute approximate surface area is 414 Å². The smallest absolute Gasteiger partial charge is 0.0754 e. The van der Waals surface area contributed by atoms with E-state index < -0.39 is 10.8 Å². The van der Waals surface area contributed by atoms with E-state index in [1.54, 1.807) is 0 Å². The molecule has 2 spiro atoms. The molecule has 9 aromatic carbocycles. The molecule has 0 radical (unpaired) electrons. The van der Waals surface area contributed by atoms with Crippen molar-refractivity contribution < 1.29 is 0 Å². The third kappa shape index (κ3) is 5.68. The average Bonchev–Trinajstić information content (AvgIpc) is 3.78. The first-order chi connectivity index (χ1) is 33.6. The van der Waals surface area contributed by atoms with Crippen molar-refractivity contribution in [3.63, 3.8) is 0 Å². The van der Waals surface area contributed by atoms with Crippen molar-refractivity contribution in [2.75, 3.05) is 9.80 Å². The number of fused-ring (bicyclic) bond motifs is 18. The number of nitrogens with zero attached hydrogens (tertiary/aromatic N) is 2. The van der Waals surface area contributed by atoms with Crippen molar-refractivity contribution in [2.45, 2.75) is 90.9 Å². The zero-order valence-electron chi connectivity index (χ0n) is 42.2. The van der Waals surface area contributed by atoms with E-state index in [0.717, 1.165) is 0 Å². The molecule has 2 heteroatoms. The van der Waals surface area contributed by atoms with E-state index in [2.05, 4.69) is 261 Å². The first-order valence-electron chi connectivity index (χ1n) is 25.2. The van der Waals surface area contributed by atoms with E-state index in [4.69, 9.17) is 0 Å². The molecule has 0 fully saturated rings. The average molecular weight is 905 g/mol. The van der Waals surface area contributed by atoms with Gasteiger partial charge in [0.2, 0.25) is 0 Å². The zero-order valence-corrected chi connectivity index (χ0v) is 42.2. The van der Waals surface area contributed by atoms with Crippen LogP contribution in [0.15, 0.2) is 182 Å². The summed E-state index contributed by atoms with van der Waals surface area (Å²) in [5.74, 6) is 0. The Morgan fingerprint density at radius 1 is 0.286 bits per heavy atom. The lowest BCUT2D eigenvalue weighted by molar-refractivity contribution is 0.587. The maximum Gasteiger partial charge on any atom is 0.0754 e. The molecule has 0 saturated carbocycles. The van der Waals surface area contributed by atoms with Gasteiger partial charge in [-0.3, -0.25) is 0 Å². The molecule has 2 unspecified atom stereocenters. The highest BCUT2D eigenvalue weighted by molar-refractivity contribution is 6.02. The van der Waals surface area contributed by atoms with Crippen molar-refractivity contribution >= 4 is 34.1 Å². The van der Waals surface area contributed by atoms with Gasteiger partial charge in [-0.25, -0.2) is 0 Å².